The van der Waals surface area contributed by atoms with Crippen LogP contribution in [0.4, 0.5) is 0 Å². The fourth-order valence-electron chi connectivity index (χ4n) is 2.31. The lowest BCUT2D eigenvalue weighted by molar-refractivity contribution is 0.274. The van der Waals surface area contributed by atoms with E-state index in [4.69, 9.17) is 0 Å². The van der Waals surface area contributed by atoms with Crippen molar-refractivity contribution in [3.05, 3.63) is 53.9 Å². The molecule has 0 aliphatic heterocycles. The number of aliphatic hydroxyl groups is 1. The lowest BCUT2D eigenvalue weighted by Crippen LogP contribution is -1.99. The minimum atomic E-state index is -0.0624. The van der Waals surface area contributed by atoms with Gasteiger partial charge in [-0.25, -0.2) is 9.50 Å². The minimum absolute atomic E-state index is 0.0624. The molecule has 0 spiro atoms. The van der Waals surface area contributed by atoms with Crippen LogP contribution >= 0.6 is 0 Å². The first kappa shape index (κ1) is 12.8. The molecule has 0 bridgehead atoms. The molecule has 0 fully saturated rings. The quantitative estimate of drug-likeness (QED) is 0.790. The summed E-state index contributed by atoms with van der Waals surface area (Å²) in [6.45, 7) is 2.12. The summed E-state index contributed by atoms with van der Waals surface area (Å²) in [6.07, 6.45) is 3.90. The summed E-state index contributed by atoms with van der Waals surface area (Å²) in [5.41, 5.74) is 4.75. The normalized spacial score (nSPS) is 11.1. The van der Waals surface area contributed by atoms with E-state index < -0.39 is 0 Å². The molecule has 3 rings (SSSR count). The van der Waals surface area contributed by atoms with Gasteiger partial charge >= 0.3 is 0 Å². The van der Waals surface area contributed by atoms with E-state index in [0.29, 0.717) is 5.69 Å². The van der Waals surface area contributed by atoms with Gasteiger partial charge in [0.15, 0.2) is 5.65 Å². The molecule has 4 heteroatoms. The molecular weight excluding hydrogens is 250 g/mol. The molecule has 0 aliphatic carbocycles. The van der Waals surface area contributed by atoms with Gasteiger partial charge < -0.3 is 5.11 Å². The molecule has 1 aromatic carbocycles. The fourth-order valence-corrected chi connectivity index (χ4v) is 2.31. The number of fused-ring (bicyclic) bond motifs is 1. The average Bonchev–Trinajstić information content (AvgIpc) is 2.90. The van der Waals surface area contributed by atoms with Crippen LogP contribution < -0.4 is 0 Å². The Morgan fingerprint density at radius 2 is 1.90 bits per heavy atom. The van der Waals surface area contributed by atoms with Crippen molar-refractivity contribution < 1.29 is 5.11 Å². The Morgan fingerprint density at radius 3 is 2.60 bits per heavy atom. The van der Waals surface area contributed by atoms with E-state index in [9.17, 15) is 5.11 Å². The molecule has 20 heavy (non-hydrogen) atoms. The third kappa shape index (κ3) is 2.30. The molecule has 0 atom stereocenters. The van der Waals surface area contributed by atoms with Gasteiger partial charge in [0.1, 0.15) is 0 Å². The highest BCUT2D eigenvalue weighted by atomic mass is 16.3. The van der Waals surface area contributed by atoms with Crippen LogP contribution in [0.25, 0.3) is 16.9 Å². The van der Waals surface area contributed by atoms with Crippen molar-refractivity contribution in [2.24, 2.45) is 0 Å². The zero-order chi connectivity index (χ0) is 13.9. The van der Waals surface area contributed by atoms with E-state index in [1.54, 1.807) is 10.7 Å². The first-order chi connectivity index (χ1) is 9.81. The van der Waals surface area contributed by atoms with Crippen molar-refractivity contribution in [2.75, 3.05) is 0 Å². The van der Waals surface area contributed by atoms with Crippen LogP contribution in [0.15, 0.2) is 42.6 Å². The first-order valence-corrected chi connectivity index (χ1v) is 6.85. The Bertz CT molecular complexity index is 716. The Kier molecular flexibility index (Phi) is 3.48. The highest BCUT2D eigenvalue weighted by molar-refractivity contribution is 5.60. The van der Waals surface area contributed by atoms with Crippen LogP contribution in [0.1, 0.15) is 24.6 Å². The number of rotatable bonds is 4. The third-order valence-electron chi connectivity index (χ3n) is 3.38. The first-order valence-electron chi connectivity index (χ1n) is 6.85. The number of benzene rings is 1. The number of hydrogen-bond acceptors (Lipinski definition) is 3. The van der Waals surface area contributed by atoms with Crippen molar-refractivity contribution >= 4 is 5.65 Å². The smallest absolute Gasteiger partial charge is 0.153 e. The van der Waals surface area contributed by atoms with Gasteiger partial charge in [0.05, 0.1) is 24.2 Å². The number of imidazole rings is 1. The summed E-state index contributed by atoms with van der Waals surface area (Å²) >= 11 is 0. The topological polar surface area (TPSA) is 50.4 Å². The standard InChI is InChI=1S/C16H17N3O/c1-2-3-12-4-6-13(7-5-12)15-8-9-16-17-10-14(11-20)19(16)18-15/h4-10,20H,2-3,11H2,1H3. The summed E-state index contributed by atoms with van der Waals surface area (Å²) in [6, 6.07) is 12.3. The molecule has 102 valence electrons. The predicted octanol–water partition coefficient (Wildman–Crippen LogP) is 2.84. The maximum Gasteiger partial charge on any atom is 0.153 e. The molecular formula is C16H17N3O. The SMILES string of the molecule is CCCc1ccc(-c2ccc3ncc(CO)n3n2)cc1. The van der Waals surface area contributed by atoms with Crippen LogP contribution in [0.2, 0.25) is 0 Å². The molecule has 3 aromatic rings. The highest BCUT2D eigenvalue weighted by Gasteiger charge is 2.06. The Morgan fingerprint density at radius 1 is 1.10 bits per heavy atom. The molecule has 1 N–H and O–H groups in total. The van der Waals surface area contributed by atoms with Gasteiger partial charge in [-0.15, -0.1) is 0 Å². The van der Waals surface area contributed by atoms with Crippen molar-refractivity contribution in [3.8, 4) is 11.3 Å². The molecule has 4 nitrogen and oxygen atoms in total. The monoisotopic (exact) mass is 267 g/mol. The summed E-state index contributed by atoms with van der Waals surface area (Å²) in [5, 5.41) is 13.8. The molecule has 0 unspecified atom stereocenters. The molecule has 2 aromatic heterocycles. The zero-order valence-corrected chi connectivity index (χ0v) is 11.5. The van der Waals surface area contributed by atoms with E-state index >= 15 is 0 Å². The Hall–Kier alpha value is -2.20. The van der Waals surface area contributed by atoms with E-state index in [2.05, 4.69) is 41.3 Å². The van der Waals surface area contributed by atoms with Crippen molar-refractivity contribution in [1.29, 1.82) is 0 Å². The second kappa shape index (κ2) is 5.43. The molecule has 0 aliphatic rings. The van der Waals surface area contributed by atoms with Crippen molar-refractivity contribution in [3.63, 3.8) is 0 Å². The van der Waals surface area contributed by atoms with Gasteiger partial charge in [-0.2, -0.15) is 5.10 Å². The summed E-state index contributed by atoms with van der Waals surface area (Å²) < 4.78 is 1.69. The number of nitrogens with zero attached hydrogens (tertiary/aromatic N) is 3. The van der Waals surface area contributed by atoms with Crippen LogP contribution in [0, 0.1) is 0 Å². The van der Waals surface area contributed by atoms with Crippen LogP contribution in [0.3, 0.4) is 0 Å². The fraction of sp³-hybridized carbons (Fsp3) is 0.250. The maximum absolute atomic E-state index is 9.28. The van der Waals surface area contributed by atoms with Gasteiger partial charge in [0.25, 0.3) is 0 Å². The summed E-state index contributed by atoms with van der Waals surface area (Å²) in [4.78, 5) is 4.20. The summed E-state index contributed by atoms with van der Waals surface area (Å²) in [5.74, 6) is 0. The van der Waals surface area contributed by atoms with E-state index in [1.165, 1.54) is 5.56 Å². The predicted molar refractivity (Wildman–Crippen MR) is 78.3 cm³/mol. The second-order valence-corrected chi connectivity index (χ2v) is 4.84. The molecule has 2 heterocycles. The van der Waals surface area contributed by atoms with E-state index in [1.807, 2.05) is 12.1 Å². The Labute approximate surface area is 117 Å². The van der Waals surface area contributed by atoms with Gasteiger partial charge in [0, 0.05) is 5.56 Å². The largest absolute Gasteiger partial charge is 0.390 e. The zero-order valence-electron chi connectivity index (χ0n) is 11.5. The van der Waals surface area contributed by atoms with Crippen molar-refractivity contribution in [1.82, 2.24) is 14.6 Å². The third-order valence-corrected chi connectivity index (χ3v) is 3.38. The lowest BCUT2D eigenvalue weighted by Gasteiger charge is -2.04. The average molecular weight is 267 g/mol. The van der Waals surface area contributed by atoms with Crippen LogP contribution in [-0.4, -0.2) is 19.7 Å². The van der Waals surface area contributed by atoms with Gasteiger partial charge in [-0.1, -0.05) is 37.6 Å². The molecule has 0 amide bonds. The second-order valence-electron chi connectivity index (χ2n) is 4.84. The van der Waals surface area contributed by atoms with E-state index in [-0.39, 0.29) is 6.61 Å². The van der Waals surface area contributed by atoms with Crippen LogP contribution in [0.5, 0.6) is 0 Å². The van der Waals surface area contributed by atoms with Crippen molar-refractivity contribution in [2.45, 2.75) is 26.4 Å². The molecule has 0 radical (unpaired) electrons. The lowest BCUT2D eigenvalue weighted by atomic mass is 10.1. The number of aromatic nitrogens is 3. The number of hydrogen-bond donors (Lipinski definition) is 1. The van der Waals surface area contributed by atoms with Gasteiger partial charge in [0.2, 0.25) is 0 Å². The highest BCUT2D eigenvalue weighted by Crippen LogP contribution is 2.19. The number of aliphatic hydroxyl groups excluding tert-OH is 1. The maximum atomic E-state index is 9.28. The minimum Gasteiger partial charge on any atom is -0.390 e. The molecule has 0 saturated heterocycles. The van der Waals surface area contributed by atoms with E-state index in [0.717, 1.165) is 29.7 Å². The van der Waals surface area contributed by atoms with Gasteiger partial charge in [-0.3, -0.25) is 0 Å². The Balaban J connectivity index is 2.00. The van der Waals surface area contributed by atoms with Gasteiger partial charge in [-0.05, 0) is 24.1 Å². The summed E-state index contributed by atoms with van der Waals surface area (Å²) in [7, 11) is 0. The number of aryl methyl sites for hydroxylation is 1. The van der Waals surface area contributed by atoms with Crippen LogP contribution in [-0.2, 0) is 13.0 Å². The molecule has 0 saturated carbocycles.